The number of morpholine rings is 1. The Hall–Kier alpha value is -3.30. The van der Waals surface area contributed by atoms with Crippen LogP contribution in [-0.2, 0) is 11.3 Å². The molecule has 1 saturated heterocycles. The van der Waals surface area contributed by atoms with Gasteiger partial charge in [0.2, 0.25) is 0 Å². The first kappa shape index (κ1) is 23.4. The Morgan fingerprint density at radius 1 is 1.17 bits per heavy atom. The number of nitrogens with one attached hydrogen (secondary N) is 1. The van der Waals surface area contributed by atoms with E-state index in [0.717, 1.165) is 25.9 Å². The maximum Gasteiger partial charge on any atom is 0.268 e. The highest BCUT2D eigenvalue weighted by atomic mass is 19.1. The summed E-state index contributed by atoms with van der Waals surface area (Å²) in [5, 5.41) is 14.3. The van der Waals surface area contributed by atoms with Crippen molar-refractivity contribution in [3.8, 4) is 16.9 Å². The van der Waals surface area contributed by atoms with E-state index < -0.39 is 11.5 Å². The van der Waals surface area contributed by atoms with Crippen molar-refractivity contribution in [1.82, 2.24) is 19.8 Å². The number of ether oxygens (including phenoxy) is 1. The van der Waals surface area contributed by atoms with Gasteiger partial charge < -0.3 is 15.2 Å². The van der Waals surface area contributed by atoms with Gasteiger partial charge in [-0.2, -0.15) is 0 Å². The second-order valence-corrected chi connectivity index (χ2v) is 9.48. The number of benzene rings is 1. The molecule has 1 aliphatic heterocycles. The van der Waals surface area contributed by atoms with Gasteiger partial charge in [0.25, 0.3) is 11.5 Å². The van der Waals surface area contributed by atoms with Crippen molar-refractivity contribution in [3.05, 3.63) is 58.3 Å². The van der Waals surface area contributed by atoms with E-state index in [0.29, 0.717) is 54.4 Å². The molecule has 1 aromatic carbocycles. The first-order valence-corrected chi connectivity index (χ1v) is 12.0. The van der Waals surface area contributed by atoms with Crippen LogP contribution in [0.4, 0.5) is 4.39 Å². The molecule has 1 aliphatic carbocycles. The molecule has 0 atom stereocenters. The van der Waals surface area contributed by atoms with Crippen molar-refractivity contribution in [2.75, 3.05) is 32.8 Å². The highest BCUT2D eigenvalue weighted by Crippen LogP contribution is 2.31. The van der Waals surface area contributed by atoms with E-state index in [4.69, 9.17) is 4.74 Å². The molecule has 2 aliphatic rings. The van der Waals surface area contributed by atoms with Gasteiger partial charge in [-0.05, 0) is 42.5 Å². The minimum Gasteiger partial charge on any atom is -0.506 e. The van der Waals surface area contributed by atoms with Crippen LogP contribution in [0.2, 0.25) is 0 Å². The van der Waals surface area contributed by atoms with Gasteiger partial charge >= 0.3 is 0 Å². The van der Waals surface area contributed by atoms with Crippen LogP contribution in [0.15, 0.2) is 41.3 Å². The number of carbonyl (C=O) groups excluding carboxylic acids is 1. The Bertz CT molecular complexity index is 1300. The third-order valence-corrected chi connectivity index (χ3v) is 6.93. The smallest absolute Gasteiger partial charge is 0.268 e. The van der Waals surface area contributed by atoms with Crippen molar-refractivity contribution in [2.24, 2.45) is 5.92 Å². The van der Waals surface area contributed by atoms with Crippen LogP contribution in [0, 0.1) is 11.7 Å². The van der Waals surface area contributed by atoms with E-state index in [1.54, 1.807) is 24.4 Å². The van der Waals surface area contributed by atoms with Crippen LogP contribution >= 0.6 is 0 Å². The zero-order chi connectivity index (χ0) is 24.5. The second kappa shape index (κ2) is 9.75. The van der Waals surface area contributed by atoms with E-state index in [1.807, 2.05) is 0 Å². The minimum absolute atomic E-state index is 0.00234. The standard InChI is InChI=1S/C26H29FN4O4/c1-16-12-20(13-16)29-25(33)22-23(32)21-14-18(17-2-4-19(27)5-3-17)15-28-24(21)31(26(22)34)7-6-30-8-10-35-11-9-30/h2-5,14-16,20,32H,6-13H2,1H3,(H,29,33)/t16-,20-. The lowest BCUT2D eigenvalue weighted by Gasteiger charge is -2.33. The van der Waals surface area contributed by atoms with Crippen LogP contribution < -0.4 is 10.9 Å². The number of pyridine rings is 2. The van der Waals surface area contributed by atoms with Crippen LogP contribution in [0.3, 0.4) is 0 Å². The summed E-state index contributed by atoms with van der Waals surface area (Å²) < 4.78 is 20.3. The summed E-state index contributed by atoms with van der Waals surface area (Å²) in [6.45, 7) is 5.82. The number of hydrogen-bond donors (Lipinski definition) is 2. The third-order valence-electron chi connectivity index (χ3n) is 6.93. The maximum atomic E-state index is 13.5. The first-order valence-electron chi connectivity index (χ1n) is 12.0. The summed E-state index contributed by atoms with van der Waals surface area (Å²) in [5.41, 5.74) is 0.832. The second-order valence-electron chi connectivity index (χ2n) is 9.48. The summed E-state index contributed by atoms with van der Waals surface area (Å²) in [7, 11) is 0. The predicted molar refractivity (Wildman–Crippen MR) is 130 cm³/mol. The maximum absolute atomic E-state index is 13.5. The van der Waals surface area contributed by atoms with Gasteiger partial charge in [0, 0.05) is 44.0 Å². The van der Waals surface area contributed by atoms with Gasteiger partial charge in [0.1, 0.15) is 22.8 Å². The first-order chi connectivity index (χ1) is 16.9. The Morgan fingerprint density at radius 3 is 2.57 bits per heavy atom. The lowest BCUT2D eigenvalue weighted by Crippen LogP contribution is -2.45. The van der Waals surface area contributed by atoms with Gasteiger partial charge in [-0.25, -0.2) is 9.37 Å². The van der Waals surface area contributed by atoms with Gasteiger partial charge in [0.05, 0.1) is 18.6 Å². The average Bonchev–Trinajstić information content (AvgIpc) is 2.84. The number of nitrogens with zero attached hydrogens (tertiary/aromatic N) is 3. The lowest BCUT2D eigenvalue weighted by molar-refractivity contribution is 0.0364. The predicted octanol–water partition coefficient (Wildman–Crippen LogP) is 2.77. The summed E-state index contributed by atoms with van der Waals surface area (Å²) >= 11 is 0. The van der Waals surface area contributed by atoms with Gasteiger partial charge in [-0.1, -0.05) is 19.1 Å². The summed E-state index contributed by atoms with van der Waals surface area (Å²) in [6, 6.07) is 7.63. The molecule has 5 rings (SSSR count). The van der Waals surface area contributed by atoms with Crippen molar-refractivity contribution in [3.63, 3.8) is 0 Å². The highest BCUT2D eigenvalue weighted by Gasteiger charge is 2.30. The molecule has 0 unspecified atom stereocenters. The Labute approximate surface area is 202 Å². The molecule has 0 spiro atoms. The molecule has 2 fully saturated rings. The Morgan fingerprint density at radius 2 is 1.89 bits per heavy atom. The van der Waals surface area contributed by atoms with Crippen LogP contribution in [0.5, 0.6) is 5.75 Å². The Kier molecular flexibility index (Phi) is 6.53. The number of fused-ring (bicyclic) bond motifs is 1. The molecule has 8 nitrogen and oxygen atoms in total. The number of halogens is 1. The number of carbonyl (C=O) groups is 1. The number of hydrogen-bond acceptors (Lipinski definition) is 6. The zero-order valence-corrected chi connectivity index (χ0v) is 19.7. The quantitative estimate of drug-likeness (QED) is 0.563. The average molecular weight is 481 g/mol. The fourth-order valence-corrected chi connectivity index (χ4v) is 4.87. The molecule has 0 radical (unpaired) electrons. The number of aromatic nitrogens is 2. The van der Waals surface area contributed by atoms with E-state index in [1.165, 1.54) is 16.7 Å². The molecule has 35 heavy (non-hydrogen) atoms. The van der Waals surface area contributed by atoms with Crippen LogP contribution in [-0.4, -0.2) is 64.4 Å². The largest absolute Gasteiger partial charge is 0.506 e. The molecule has 3 aromatic rings. The van der Waals surface area contributed by atoms with Crippen LogP contribution in [0.1, 0.15) is 30.1 Å². The summed E-state index contributed by atoms with van der Waals surface area (Å²) in [6.07, 6.45) is 3.29. The topological polar surface area (TPSA) is 96.7 Å². The normalized spacial score (nSPS) is 20.5. The minimum atomic E-state index is -0.571. The van der Waals surface area contributed by atoms with Crippen molar-refractivity contribution >= 4 is 16.9 Å². The molecule has 3 heterocycles. The van der Waals surface area contributed by atoms with Crippen molar-refractivity contribution in [1.29, 1.82) is 0 Å². The molecule has 1 saturated carbocycles. The SMILES string of the molecule is C[C@H]1C[C@H](NC(=O)c2c(O)c3cc(-c4ccc(F)cc4)cnc3n(CCN3CCOCC3)c2=O)C1. The number of rotatable bonds is 6. The van der Waals surface area contributed by atoms with E-state index in [9.17, 15) is 19.1 Å². The van der Waals surface area contributed by atoms with Gasteiger partial charge in [-0.3, -0.25) is 19.1 Å². The fourth-order valence-electron chi connectivity index (χ4n) is 4.87. The van der Waals surface area contributed by atoms with E-state index in [-0.39, 0.29) is 23.2 Å². The third kappa shape index (κ3) is 4.78. The fraction of sp³-hybridized carbons (Fsp3) is 0.423. The highest BCUT2D eigenvalue weighted by molar-refractivity contribution is 6.02. The zero-order valence-electron chi connectivity index (χ0n) is 19.7. The molecule has 9 heteroatoms. The molecule has 0 bridgehead atoms. The van der Waals surface area contributed by atoms with Gasteiger partial charge in [-0.15, -0.1) is 0 Å². The molecular formula is C26H29FN4O4. The molecule has 2 N–H and O–H groups in total. The number of amides is 1. The molecule has 184 valence electrons. The monoisotopic (exact) mass is 480 g/mol. The van der Waals surface area contributed by atoms with E-state index in [2.05, 4.69) is 22.1 Å². The molecule has 2 aromatic heterocycles. The number of aromatic hydroxyl groups is 1. The van der Waals surface area contributed by atoms with Crippen LogP contribution in [0.25, 0.3) is 22.2 Å². The van der Waals surface area contributed by atoms with Crippen molar-refractivity contribution in [2.45, 2.75) is 32.4 Å². The summed E-state index contributed by atoms with van der Waals surface area (Å²) in [5.74, 6) is -0.780. The van der Waals surface area contributed by atoms with E-state index >= 15 is 0 Å². The molecule has 1 amide bonds. The van der Waals surface area contributed by atoms with Crippen molar-refractivity contribution < 1.29 is 19.0 Å². The Balaban J connectivity index is 1.57. The van der Waals surface area contributed by atoms with Gasteiger partial charge in [0.15, 0.2) is 0 Å². The summed E-state index contributed by atoms with van der Waals surface area (Å²) in [4.78, 5) is 33.3. The lowest BCUT2D eigenvalue weighted by atomic mass is 9.82. The molecular weight excluding hydrogens is 451 g/mol.